The first-order valence-corrected chi connectivity index (χ1v) is 9.64. The number of hydrogen-bond acceptors (Lipinski definition) is 5. The summed E-state index contributed by atoms with van der Waals surface area (Å²) in [5, 5.41) is 32.0. The minimum absolute atomic E-state index is 0.168. The van der Waals surface area contributed by atoms with Gasteiger partial charge in [0.05, 0.1) is 12.7 Å². The number of aliphatic hydroxyl groups excluding tert-OH is 2. The van der Waals surface area contributed by atoms with E-state index < -0.39 is 18.2 Å². The predicted molar refractivity (Wildman–Crippen MR) is 109 cm³/mol. The molecule has 0 radical (unpaired) electrons. The molecule has 2 atom stereocenters. The van der Waals surface area contributed by atoms with Crippen molar-refractivity contribution in [3.05, 3.63) is 59.3 Å². The molecular formula is C23H28O5. The van der Waals surface area contributed by atoms with Crippen molar-refractivity contribution in [1.82, 2.24) is 0 Å². The lowest BCUT2D eigenvalue weighted by Crippen LogP contribution is -2.23. The Morgan fingerprint density at radius 2 is 1.86 bits per heavy atom. The fourth-order valence-electron chi connectivity index (χ4n) is 3.13. The van der Waals surface area contributed by atoms with Gasteiger partial charge in [-0.3, -0.25) is 0 Å². The summed E-state index contributed by atoms with van der Waals surface area (Å²) in [5.41, 5.74) is 4.67. The summed E-state index contributed by atoms with van der Waals surface area (Å²) in [4.78, 5) is 11.6. The van der Waals surface area contributed by atoms with Gasteiger partial charge in [-0.15, -0.1) is 5.73 Å². The highest BCUT2D eigenvalue weighted by Crippen LogP contribution is 2.32. The molecule has 0 unspecified atom stereocenters. The Morgan fingerprint density at radius 1 is 1.14 bits per heavy atom. The van der Waals surface area contributed by atoms with E-state index in [0.29, 0.717) is 18.2 Å². The third kappa shape index (κ3) is 5.70. The molecule has 0 fully saturated rings. The van der Waals surface area contributed by atoms with Gasteiger partial charge >= 0.3 is 5.97 Å². The van der Waals surface area contributed by atoms with E-state index in [0.717, 1.165) is 22.9 Å². The quantitative estimate of drug-likeness (QED) is 0.446. The maximum Gasteiger partial charge on any atom is 0.335 e. The zero-order chi connectivity index (χ0) is 20.5. The fraction of sp³-hybridized carbons (Fsp3) is 0.391. The van der Waals surface area contributed by atoms with E-state index >= 15 is 0 Å². The van der Waals surface area contributed by atoms with Crippen LogP contribution in [0.25, 0.3) is 10.8 Å². The van der Waals surface area contributed by atoms with Crippen molar-refractivity contribution in [3.63, 3.8) is 0 Å². The minimum Gasteiger partial charge on any atom is -0.507 e. The molecule has 0 spiro atoms. The molecule has 0 aliphatic heterocycles. The molecule has 0 amide bonds. The zero-order valence-electron chi connectivity index (χ0n) is 16.4. The number of carbonyl (C=O) groups is 1. The van der Waals surface area contributed by atoms with Crippen LogP contribution in [0.3, 0.4) is 0 Å². The number of aliphatic hydroxyl groups is 2. The normalized spacial score (nSPS) is 12.9. The molecule has 150 valence electrons. The van der Waals surface area contributed by atoms with E-state index in [9.17, 15) is 20.1 Å². The van der Waals surface area contributed by atoms with E-state index in [1.165, 1.54) is 0 Å². The van der Waals surface area contributed by atoms with Crippen LogP contribution in [0, 0.1) is 0 Å². The van der Waals surface area contributed by atoms with Crippen molar-refractivity contribution >= 4 is 16.7 Å². The van der Waals surface area contributed by atoms with Gasteiger partial charge in [0, 0.05) is 18.2 Å². The number of carbonyl (C=O) groups excluding carboxylic acids is 1. The van der Waals surface area contributed by atoms with Crippen LogP contribution < -0.4 is 0 Å². The first-order chi connectivity index (χ1) is 13.5. The summed E-state index contributed by atoms with van der Waals surface area (Å²) in [6, 6.07) is 10.7. The van der Waals surface area contributed by atoms with Gasteiger partial charge in [-0.2, -0.15) is 0 Å². The Labute approximate surface area is 165 Å². The monoisotopic (exact) mass is 384 g/mol. The summed E-state index contributed by atoms with van der Waals surface area (Å²) >= 11 is 0. The first kappa shape index (κ1) is 21.7. The molecule has 5 heteroatoms. The summed E-state index contributed by atoms with van der Waals surface area (Å²) in [5.74, 6) is -0.450. The van der Waals surface area contributed by atoms with E-state index in [1.807, 2.05) is 31.2 Å². The molecule has 0 saturated heterocycles. The van der Waals surface area contributed by atoms with Crippen LogP contribution in [0.1, 0.15) is 51.2 Å². The summed E-state index contributed by atoms with van der Waals surface area (Å²) in [7, 11) is 0. The van der Waals surface area contributed by atoms with Crippen molar-refractivity contribution in [2.75, 3.05) is 6.61 Å². The fourth-order valence-corrected chi connectivity index (χ4v) is 3.13. The van der Waals surface area contributed by atoms with Gasteiger partial charge in [-0.05, 0) is 42.0 Å². The first-order valence-electron chi connectivity index (χ1n) is 9.64. The SMILES string of the molecule is CCCC(=C=CC[C@@H](O)c1ccc(O)c2ccccc12)C[C@@H](O)C(=O)OCC. The Morgan fingerprint density at radius 3 is 2.54 bits per heavy atom. The van der Waals surface area contributed by atoms with Crippen molar-refractivity contribution < 1.29 is 24.9 Å². The number of ether oxygens (including phenoxy) is 1. The molecule has 0 heterocycles. The van der Waals surface area contributed by atoms with Gasteiger partial charge in [0.25, 0.3) is 0 Å². The zero-order valence-corrected chi connectivity index (χ0v) is 16.4. The van der Waals surface area contributed by atoms with E-state index in [-0.39, 0.29) is 18.8 Å². The number of fused-ring (bicyclic) bond motifs is 1. The van der Waals surface area contributed by atoms with Gasteiger partial charge in [0.15, 0.2) is 6.10 Å². The van der Waals surface area contributed by atoms with Crippen LogP contribution >= 0.6 is 0 Å². The summed E-state index contributed by atoms with van der Waals surface area (Å²) in [6.07, 6.45) is 1.83. The van der Waals surface area contributed by atoms with Crippen molar-refractivity contribution in [2.24, 2.45) is 0 Å². The van der Waals surface area contributed by atoms with Crippen LogP contribution in [0.5, 0.6) is 5.75 Å². The Kier molecular flexibility index (Phi) is 8.27. The number of hydrogen-bond donors (Lipinski definition) is 3. The molecule has 2 aromatic rings. The Bertz CT molecular complexity index is 864. The summed E-state index contributed by atoms with van der Waals surface area (Å²) in [6.45, 7) is 3.93. The average Bonchev–Trinajstić information content (AvgIpc) is 2.68. The number of phenols is 1. The molecule has 3 N–H and O–H groups in total. The van der Waals surface area contributed by atoms with Crippen LogP contribution in [-0.4, -0.2) is 34.0 Å². The lowest BCUT2D eigenvalue weighted by molar-refractivity contribution is -0.152. The molecule has 2 aromatic carbocycles. The van der Waals surface area contributed by atoms with Crippen LogP contribution in [0.15, 0.2) is 53.8 Å². The maximum atomic E-state index is 11.6. The summed E-state index contributed by atoms with van der Waals surface area (Å²) < 4.78 is 4.83. The largest absolute Gasteiger partial charge is 0.507 e. The molecular weight excluding hydrogens is 356 g/mol. The Hall–Kier alpha value is -2.59. The van der Waals surface area contributed by atoms with Gasteiger partial charge in [-0.25, -0.2) is 4.79 Å². The molecule has 0 aromatic heterocycles. The van der Waals surface area contributed by atoms with Gasteiger partial charge in [0.2, 0.25) is 0 Å². The number of phenolic OH excluding ortho intramolecular Hbond substituents is 1. The number of aromatic hydroxyl groups is 1. The number of esters is 1. The van der Waals surface area contributed by atoms with Crippen LogP contribution in [0.4, 0.5) is 0 Å². The lowest BCUT2D eigenvalue weighted by Gasteiger charge is -2.13. The highest BCUT2D eigenvalue weighted by Gasteiger charge is 2.17. The van der Waals surface area contributed by atoms with E-state index in [1.54, 1.807) is 25.1 Å². The highest BCUT2D eigenvalue weighted by atomic mass is 16.5. The average molecular weight is 384 g/mol. The second-order valence-electron chi connectivity index (χ2n) is 6.64. The molecule has 2 rings (SSSR count). The minimum atomic E-state index is -1.20. The predicted octanol–water partition coefficient (Wildman–Crippen LogP) is 4.16. The van der Waals surface area contributed by atoms with Crippen LogP contribution in [0.2, 0.25) is 0 Å². The number of benzene rings is 2. The lowest BCUT2D eigenvalue weighted by atomic mass is 9.97. The van der Waals surface area contributed by atoms with E-state index in [2.05, 4.69) is 5.73 Å². The highest BCUT2D eigenvalue weighted by molar-refractivity contribution is 5.91. The molecule has 5 nitrogen and oxygen atoms in total. The molecule has 0 aliphatic carbocycles. The maximum absolute atomic E-state index is 11.6. The molecule has 0 aliphatic rings. The third-order valence-corrected chi connectivity index (χ3v) is 4.49. The molecule has 0 bridgehead atoms. The Balaban J connectivity index is 2.16. The van der Waals surface area contributed by atoms with E-state index in [4.69, 9.17) is 4.74 Å². The molecule has 28 heavy (non-hydrogen) atoms. The standard InChI is InChI=1S/C23H28O5/c1-3-8-16(15-22(26)23(27)28-4-2)9-7-12-20(24)19-13-14-21(25)18-11-6-5-10-17(18)19/h5-7,10-11,13-14,20,22,24-26H,3-4,8,12,15H2,1-2H3/t9?,20-,22-/m1/s1. The topological polar surface area (TPSA) is 87.0 Å². The van der Waals surface area contributed by atoms with Gasteiger partial charge < -0.3 is 20.1 Å². The molecule has 0 saturated carbocycles. The van der Waals surface area contributed by atoms with Crippen molar-refractivity contribution in [1.29, 1.82) is 0 Å². The van der Waals surface area contributed by atoms with Gasteiger partial charge in [0.1, 0.15) is 5.75 Å². The van der Waals surface area contributed by atoms with Crippen molar-refractivity contribution in [2.45, 2.75) is 51.7 Å². The third-order valence-electron chi connectivity index (χ3n) is 4.49. The number of rotatable bonds is 9. The smallest absolute Gasteiger partial charge is 0.335 e. The second kappa shape index (κ2) is 10.7. The van der Waals surface area contributed by atoms with Crippen LogP contribution in [-0.2, 0) is 9.53 Å². The van der Waals surface area contributed by atoms with Gasteiger partial charge in [-0.1, -0.05) is 43.7 Å². The second-order valence-corrected chi connectivity index (χ2v) is 6.64. The van der Waals surface area contributed by atoms with Crippen molar-refractivity contribution in [3.8, 4) is 5.75 Å².